The van der Waals surface area contributed by atoms with E-state index in [2.05, 4.69) is 31.1 Å². The molecule has 1 heterocycles. The highest BCUT2D eigenvalue weighted by Gasteiger charge is 2.15. The van der Waals surface area contributed by atoms with Crippen LogP contribution >= 0.6 is 0 Å². The maximum atomic E-state index is 11.0. The van der Waals surface area contributed by atoms with Gasteiger partial charge in [-0.3, -0.25) is 4.79 Å². The summed E-state index contributed by atoms with van der Waals surface area (Å²) < 4.78 is 5.19. The van der Waals surface area contributed by atoms with Gasteiger partial charge in [0, 0.05) is 6.08 Å². The Balaban J connectivity index is 2.59. The smallest absolute Gasteiger partial charge is 0.164 e. The van der Waals surface area contributed by atoms with Crippen molar-refractivity contribution in [2.75, 3.05) is 0 Å². The monoisotopic (exact) mass is 194 g/mol. The molecular formula is C10H14O2Si. The predicted octanol–water partition coefficient (Wildman–Crippen LogP) is 1.74. The second-order valence-electron chi connectivity index (χ2n) is 4.12. The van der Waals surface area contributed by atoms with Crippen LogP contribution in [0.1, 0.15) is 6.42 Å². The van der Waals surface area contributed by atoms with Crippen LogP contribution < -0.4 is 0 Å². The number of carbonyl (C=O) groups is 1. The summed E-state index contributed by atoms with van der Waals surface area (Å²) >= 11 is 0. The highest BCUT2D eigenvalue weighted by Crippen LogP contribution is 2.07. The second-order valence-corrected chi connectivity index (χ2v) is 8.87. The van der Waals surface area contributed by atoms with Crippen LogP contribution in [0.4, 0.5) is 0 Å². The minimum atomic E-state index is -1.34. The number of rotatable bonds is 0. The number of ether oxygens (including phenoxy) is 1. The quantitative estimate of drug-likeness (QED) is 0.434. The van der Waals surface area contributed by atoms with Crippen molar-refractivity contribution >= 4 is 13.9 Å². The fourth-order valence-corrected chi connectivity index (χ4v) is 1.48. The lowest BCUT2D eigenvalue weighted by molar-refractivity contribution is -0.117. The Morgan fingerprint density at radius 2 is 2.23 bits per heavy atom. The Morgan fingerprint density at radius 3 is 2.77 bits per heavy atom. The molecule has 0 aromatic rings. The van der Waals surface area contributed by atoms with Gasteiger partial charge in [0.1, 0.15) is 8.07 Å². The molecular weight excluding hydrogens is 180 g/mol. The predicted molar refractivity (Wildman–Crippen MR) is 54.8 cm³/mol. The lowest BCUT2D eigenvalue weighted by Crippen LogP contribution is -2.21. The van der Waals surface area contributed by atoms with Crippen molar-refractivity contribution in [1.29, 1.82) is 0 Å². The molecule has 0 radical (unpaired) electrons. The first-order valence-corrected chi connectivity index (χ1v) is 7.85. The van der Waals surface area contributed by atoms with Crippen LogP contribution in [0.3, 0.4) is 0 Å². The van der Waals surface area contributed by atoms with Crippen LogP contribution in [0, 0.1) is 11.5 Å². The second kappa shape index (κ2) is 3.80. The van der Waals surface area contributed by atoms with Gasteiger partial charge in [-0.2, -0.15) is 0 Å². The zero-order valence-electron chi connectivity index (χ0n) is 8.26. The van der Waals surface area contributed by atoms with Crippen LogP contribution in [0.25, 0.3) is 0 Å². The SMILES string of the molecule is C[Si](C)(C)C#CC1CC(=O)C=CO1. The molecule has 0 saturated carbocycles. The van der Waals surface area contributed by atoms with Gasteiger partial charge in [-0.05, 0) is 0 Å². The largest absolute Gasteiger partial charge is 0.485 e. The molecule has 0 aromatic carbocycles. The van der Waals surface area contributed by atoms with Crippen LogP contribution in [0.2, 0.25) is 19.6 Å². The van der Waals surface area contributed by atoms with Crippen LogP contribution in [0.15, 0.2) is 12.3 Å². The Labute approximate surface area is 80.0 Å². The van der Waals surface area contributed by atoms with E-state index in [9.17, 15) is 4.79 Å². The van der Waals surface area contributed by atoms with E-state index >= 15 is 0 Å². The standard InChI is InChI=1S/C10H14O2Si/c1-13(2,3)7-5-10-8-9(11)4-6-12-10/h4,6,10H,8H2,1-3H3. The number of allylic oxidation sites excluding steroid dienone is 1. The third-order valence-corrected chi connectivity index (χ3v) is 2.39. The van der Waals surface area contributed by atoms with E-state index in [0.29, 0.717) is 6.42 Å². The molecule has 70 valence electrons. The van der Waals surface area contributed by atoms with Crippen molar-refractivity contribution < 1.29 is 9.53 Å². The van der Waals surface area contributed by atoms with Gasteiger partial charge in [0.15, 0.2) is 11.9 Å². The summed E-state index contributed by atoms with van der Waals surface area (Å²) in [4.78, 5) is 11.0. The molecule has 1 unspecified atom stereocenters. The van der Waals surface area contributed by atoms with E-state index in [1.165, 1.54) is 12.3 Å². The molecule has 0 bridgehead atoms. The molecule has 2 nitrogen and oxygen atoms in total. The van der Waals surface area contributed by atoms with E-state index in [1.807, 2.05) is 0 Å². The molecule has 1 rings (SSSR count). The van der Waals surface area contributed by atoms with Crippen molar-refractivity contribution in [3.8, 4) is 11.5 Å². The van der Waals surface area contributed by atoms with Crippen molar-refractivity contribution in [3.63, 3.8) is 0 Å². The van der Waals surface area contributed by atoms with Gasteiger partial charge in [0.25, 0.3) is 0 Å². The van der Waals surface area contributed by atoms with Crippen LogP contribution in [0.5, 0.6) is 0 Å². The first kappa shape index (κ1) is 10.1. The average Bonchev–Trinajstić information content (AvgIpc) is 2.00. The lowest BCUT2D eigenvalue weighted by Gasteiger charge is -2.13. The number of ketones is 1. The molecule has 0 amide bonds. The highest BCUT2D eigenvalue weighted by molar-refractivity contribution is 6.83. The van der Waals surface area contributed by atoms with Gasteiger partial charge < -0.3 is 4.74 Å². The van der Waals surface area contributed by atoms with Gasteiger partial charge in [0.2, 0.25) is 0 Å². The molecule has 1 aliphatic rings. The Kier molecular flexibility index (Phi) is 2.94. The van der Waals surface area contributed by atoms with Crippen molar-refractivity contribution in [2.45, 2.75) is 32.2 Å². The first-order chi connectivity index (χ1) is 5.97. The summed E-state index contributed by atoms with van der Waals surface area (Å²) in [7, 11) is -1.34. The zero-order valence-corrected chi connectivity index (χ0v) is 9.26. The summed E-state index contributed by atoms with van der Waals surface area (Å²) in [6.45, 7) is 6.50. The maximum Gasteiger partial charge on any atom is 0.164 e. The molecule has 13 heavy (non-hydrogen) atoms. The lowest BCUT2D eigenvalue weighted by atomic mass is 10.1. The molecule has 0 N–H and O–H groups in total. The summed E-state index contributed by atoms with van der Waals surface area (Å²) in [6.07, 6.45) is 3.07. The van der Waals surface area contributed by atoms with Gasteiger partial charge >= 0.3 is 0 Å². The summed E-state index contributed by atoms with van der Waals surface area (Å²) in [5.74, 6) is 3.11. The van der Waals surface area contributed by atoms with E-state index in [4.69, 9.17) is 4.74 Å². The Bertz CT molecular complexity index is 288. The third-order valence-electron chi connectivity index (χ3n) is 1.49. The highest BCUT2D eigenvalue weighted by atomic mass is 28.3. The fraction of sp³-hybridized carbons (Fsp3) is 0.500. The van der Waals surface area contributed by atoms with Gasteiger partial charge in [-0.1, -0.05) is 25.6 Å². The molecule has 0 spiro atoms. The fourth-order valence-electron chi connectivity index (χ4n) is 0.891. The maximum absolute atomic E-state index is 11.0. The van der Waals surface area contributed by atoms with Gasteiger partial charge in [0.05, 0.1) is 12.7 Å². The summed E-state index contributed by atoms with van der Waals surface area (Å²) in [5.41, 5.74) is 3.19. The topological polar surface area (TPSA) is 26.3 Å². The summed E-state index contributed by atoms with van der Waals surface area (Å²) in [5, 5.41) is 0. The van der Waals surface area contributed by atoms with Crippen molar-refractivity contribution in [2.24, 2.45) is 0 Å². The van der Waals surface area contributed by atoms with Gasteiger partial charge in [-0.25, -0.2) is 0 Å². The Morgan fingerprint density at radius 1 is 1.54 bits per heavy atom. The van der Waals surface area contributed by atoms with E-state index in [-0.39, 0.29) is 11.9 Å². The van der Waals surface area contributed by atoms with Gasteiger partial charge in [-0.15, -0.1) is 5.54 Å². The van der Waals surface area contributed by atoms with E-state index in [1.54, 1.807) is 0 Å². The Hall–Kier alpha value is -1.01. The van der Waals surface area contributed by atoms with E-state index < -0.39 is 8.07 Å². The normalized spacial score (nSPS) is 21.8. The minimum absolute atomic E-state index is 0.0983. The first-order valence-electron chi connectivity index (χ1n) is 4.35. The molecule has 0 saturated heterocycles. The molecule has 1 aliphatic heterocycles. The minimum Gasteiger partial charge on any atom is -0.485 e. The third kappa shape index (κ3) is 3.95. The van der Waals surface area contributed by atoms with Crippen LogP contribution in [-0.4, -0.2) is 20.0 Å². The molecule has 3 heteroatoms. The summed E-state index contributed by atoms with van der Waals surface area (Å²) in [6, 6.07) is 0. The van der Waals surface area contributed by atoms with Crippen molar-refractivity contribution in [1.82, 2.24) is 0 Å². The molecule has 0 aromatic heterocycles. The molecule has 0 aliphatic carbocycles. The zero-order chi connectivity index (χ0) is 9.90. The average molecular weight is 194 g/mol. The molecule has 1 atom stereocenters. The van der Waals surface area contributed by atoms with E-state index in [0.717, 1.165) is 0 Å². The van der Waals surface area contributed by atoms with Crippen molar-refractivity contribution in [3.05, 3.63) is 12.3 Å². The number of carbonyl (C=O) groups excluding carboxylic acids is 1. The molecule has 0 fully saturated rings. The number of hydrogen-bond donors (Lipinski definition) is 0. The number of hydrogen-bond acceptors (Lipinski definition) is 2. The van der Waals surface area contributed by atoms with Crippen LogP contribution in [-0.2, 0) is 9.53 Å².